The molecule has 0 amide bonds. The van der Waals surface area contributed by atoms with Crippen molar-refractivity contribution < 1.29 is 13.0 Å². The molecule has 0 aliphatic rings. The molecule has 100 valence electrons. The van der Waals surface area contributed by atoms with Crippen LogP contribution in [0.25, 0.3) is 0 Å². The molecule has 6 heteroatoms. The SMILES string of the molecule is Nc1ccc(S(=O)Cc2cccc(Cl)c2F)cc1F. The largest absolute Gasteiger partial charge is 0.396 e. The summed E-state index contributed by atoms with van der Waals surface area (Å²) >= 11 is 5.64. The van der Waals surface area contributed by atoms with Crippen LogP contribution in [0.15, 0.2) is 41.3 Å². The zero-order chi connectivity index (χ0) is 14.0. The molecular formula is C13H10ClF2NOS. The van der Waals surface area contributed by atoms with Crippen LogP contribution in [0.2, 0.25) is 5.02 Å². The van der Waals surface area contributed by atoms with Crippen LogP contribution in [0.5, 0.6) is 0 Å². The van der Waals surface area contributed by atoms with Gasteiger partial charge in [0.1, 0.15) is 11.6 Å². The third-order valence-corrected chi connectivity index (χ3v) is 4.20. The number of halogens is 3. The molecule has 0 radical (unpaired) electrons. The second kappa shape index (κ2) is 5.67. The van der Waals surface area contributed by atoms with Crippen LogP contribution in [0.3, 0.4) is 0 Å². The molecule has 2 aromatic carbocycles. The summed E-state index contributed by atoms with van der Waals surface area (Å²) in [6.45, 7) is 0. The lowest BCUT2D eigenvalue weighted by atomic mass is 10.2. The molecule has 1 unspecified atom stereocenters. The molecule has 1 atom stereocenters. The number of hydrogen-bond donors (Lipinski definition) is 1. The minimum atomic E-state index is -1.57. The Hall–Kier alpha value is -1.46. The van der Waals surface area contributed by atoms with Crippen LogP contribution < -0.4 is 5.73 Å². The van der Waals surface area contributed by atoms with E-state index in [0.717, 1.165) is 6.07 Å². The first-order valence-electron chi connectivity index (χ1n) is 5.35. The van der Waals surface area contributed by atoms with Crippen molar-refractivity contribution in [3.63, 3.8) is 0 Å². The summed E-state index contributed by atoms with van der Waals surface area (Å²) in [5, 5.41) is -0.0296. The average Bonchev–Trinajstić information content (AvgIpc) is 2.38. The van der Waals surface area contributed by atoms with Gasteiger partial charge in [-0.15, -0.1) is 0 Å². The predicted octanol–water partition coefficient (Wildman–Crippen LogP) is 3.51. The Kier molecular flexibility index (Phi) is 4.17. The predicted molar refractivity (Wildman–Crippen MR) is 72.3 cm³/mol. The monoisotopic (exact) mass is 301 g/mol. The van der Waals surface area contributed by atoms with E-state index >= 15 is 0 Å². The smallest absolute Gasteiger partial charge is 0.147 e. The highest BCUT2D eigenvalue weighted by Crippen LogP contribution is 2.22. The second-order valence-electron chi connectivity index (χ2n) is 3.89. The summed E-state index contributed by atoms with van der Waals surface area (Å²) in [4.78, 5) is 0.256. The van der Waals surface area contributed by atoms with Crippen molar-refractivity contribution in [3.8, 4) is 0 Å². The molecular weight excluding hydrogens is 292 g/mol. The van der Waals surface area contributed by atoms with E-state index in [2.05, 4.69) is 0 Å². The molecule has 2 N–H and O–H groups in total. The van der Waals surface area contributed by atoms with Crippen molar-refractivity contribution in [1.29, 1.82) is 0 Å². The lowest BCUT2D eigenvalue weighted by Crippen LogP contribution is -2.01. The van der Waals surface area contributed by atoms with Gasteiger partial charge in [0.25, 0.3) is 0 Å². The molecule has 0 heterocycles. The van der Waals surface area contributed by atoms with Gasteiger partial charge in [-0.05, 0) is 24.3 Å². The lowest BCUT2D eigenvalue weighted by molar-refractivity contribution is 0.615. The topological polar surface area (TPSA) is 43.1 Å². The van der Waals surface area contributed by atoms with Crippen LogP contribution >= 0.6 is 11.6 Å². The van der Waals surface area contributed by atoms with Gasteiger partial charge in [-0.2, -0.15) is 0 Å². The third kappa shape index (κ3) is 3.11. The number of anilines is 1. The van der Waals surface area contributed by atoms with Gasteiger partial charge < -0.3 is 5.73 Å². The van der Waals surface area contributed by atoms with Crippen LogP contribution in [0, 0.1) is 11.6 Å². The fourth-order valence-corrected chi connectivity index (χ4v) is 2.85. The van der Waals surface area contributed by atoms with Gasteiger partial charge in [-0.25, -0.2) is 8.78 Å². The van der Waals surface area contributed by atoms with Crippen molar-refractivity contribution in [3.05, 3.63) is 58.6 Å². The highest BCUT2D eigenvalue weighted by atomic mass is 35.5. The van der Waals surface area contributed by atoms with Gasteiger partial charge in [0.2, 0.25) is 0 Å². The van der Waals surface area contributed by atoms with E-state index in [9.17, 15) is 13.0 Å². The summed E-state index contributed by atoms with van der Waals surface area (Å²) in [5.41, 5.74) is 5.54. The Labute approximate surface area is 116 Å². The quantitative estimate of drug-likeness (QED) is 0.882. The molecule has 2 nitrogen and oxygen atoms in total. The highest BCUT2D eigenvalue weighted by molar-refractivity contribution is 7.84. The van der Waals surface area contributed by atoms with Crippen molar-refractivity contribution in [1.82, 2.24) is 0 Å². The Morgan fingerprint density at radius 3 is 2.63 bits per heavy atom. The maximum absolute atomic E-state index is 13.7. The van der Waals surface area contributed by atoms with E-state index in [1.807, 2.05) is 0 Å². The number of hydrogen-bond acceptors (Lipinski definition) is 2. The summed E-state index contributed by atoms with van der Waals surface area (Å²) in [7, 11) is -1.57. The Bertz CT molecular complexity index is 649. The van der Waals surface area contributed by atoms with Crippen LogP contribution in [-0.2, 0) is 16.6 Å². The fourth-order valence-electron chi connectivity index (χ4n) is 1.53. The van der Waals surface area contributed by atoms with Gasteiger partial charge in [0.15, 0.2) is 0 Å². The number of nitrogen functional groups attached to an aromatic ring is 1. The number of rotatable bonds is 3. The van der Waals surface area contributed by atoms with Crippen molar-refractivity contribution in [2.75, 3.05) is 5.73 Å². The number of benzene rings is 2. The molecule has 0 aromatic heterocycles. The standard InChI is InChI=1S/C13H10ClF2NOS/c14-10-3-1-2-8(13(10)16)7-19(18)9-4-5-12(17)11(15)6-9/h1-6H,7,17H2. The van der Waals surface area contributed by atoms with E-state index in [4.69, 9.17) is 17.3 Å². The Balaban J connectivity index is 2.26. The lowest BCUT2D eigenvalue weighted by Gasteiger charge is -2.06. The van der Waals surface area contributed by atoms with E-state index in [-0.39, 0.29) is 26.9 Å². The molecule has 2 aromatic rings. The van der Waals surface area contributed by atoms with Gasteiger partial charge >= 0.3 is 0 Å². The van der Waals surface area contributed by atoms with Crippen molar-refractivity contribution in [2.45, 2.75) is 10.6 Å². The van der Waals surface area contributed by atoms with Gasteiger partial charge in [-0.1, -0.05) is 23.7 Å². The zero-order valence-electron chi connectivity index (χ0n) is 9.70. The average molecular weight is 302 g/mol. The van der Waals surface area contributed by atoms with E-state index in [1.165, 1.54) is 24.3 Å². The third-order valence-electron chi connectivity index (χ3n) is 2.55. The first kappa shape index (κ1) is 14.0. The maximum atomic E-state index is 13.7. The van der Waals surface area contributed by atoms with E-state index < -0.39 is 22.4 Å². The Morgan fingerprint density at radius 1 is 1.21 bits per heavy atom. The zero-order valence-corrected chi connectivity index (χ0v) is 11.3. The molecule has 0 aliphatic carbocycles. The maximum Gasteiger partial charge on any atom is 0.147 e. The van der Waals surface area contributed by atoms with Crippen molar-refractivity contribution in [2.24, 2.45) is 0 Å². The van der Waals surface area contributed by atoms with Crippen LogP contribution in [0.1, 0.15) is 5.56 Å². The summed E-state index contributed by atoms with van der Waals surface area (Å²) in [5.74, 6) is -1.32. The second-order valence-corrected chi connectivity index (χ2v) is 5.74. The number of nitrogens with two attached hydrogens (primary N) is 1. The molecule has 2 rings (SSSR count). The molecule has 0 fully saturated rings. The van der Waals surface area contributed by atoms with Crippen LogP contribution in [0.4, 0.5) is 14.5 Å². The molecule has 0 saturated heterocycles. The van der Waals surface area contributed by atoms with E-state index in [1.54, 1.807) is 6.07 Å². The molecule has 0 aliphatic heterocycles. The normalized spacial score (nSPS) is 12.4. The summed E-state index contributed by atoms with van der Waals surface area (Å²) in [6, 6.07) is 8.35. The van der Waals surface area contributed by atoms with Gasteiger partial charge in [0, 0.05) is 10.5 Å². The summed E-state index contributed by atoms with van der Waals surface area (Å²) in [6.07, 6.45) is 0. The highest BCUT2D eigenvalue weighted by Gasteiger charge is 2.12. The van der Waals surface area contributed by atoms with Gasteiger partial charge in [0.05, 0.1) is 27.3 Å². The molecule has 19 heavy (non-hydrogen) atoms. The van der Waals surface area contributed by atoms with Crippen molar-refractivity contribution >= 4 is 28.1 Å². The molecule has 0 bridgehead atoms. The van der Waals surface area contributed by atoms with Gasteiger partial charge in [-0.3, -0.25) is 4.21 Å². The van der Waals surface area contributed by atoms with E-state index in [0.29, 0.717) is 0 Å². The minimum Gasteiger partial charge on any atom is -0.396 e. The molecule has 0 saturated carbocycles. The summed E-state index contributed by atoms with van der Waals surface area (Å²) < 4.78 is 39.0. The fraction of sp³-hybridized carbons (Fsp3) is 0.0769. The first-order valence-corrected chi connectivity index (χ1v) is 7.05. The minimum absolute atomic E-state index is 0.0188. The van der Waals surface area contributed by atoms with Crippen LogP contribution in [-0.4, -0.2) is 4.21 Å². The molecule has 0 spiro atoms. The Morgan fingerprint density at radius 2 is 1.95 bits per heavy atom. The first-order chi connectivity index (χ1) is 8.99.